The van der Waals surface area contributed by atoms with Gasteiger partial charge in [-0.3, -0.25) is 0 Å². The fourth-order valence-electron chi connectivity index (χ4n) is 1.72. The van der Waals surface area contributed by atoms with E-state index in [2.05, 4.69) is 5.18 Å². The molecule has 0 fully saturated rings. The van der Waals surface area contributed by atoms with Crippen molar-refractivity contribution in [3.8, 4) is 0 Å². The summed E-state index contributed by atoms with van der Waals surface area (Å²) in [5.74, 6) is 0. The van der Waals surface area contributed by atoms with Crippen molar-refractivity contribution in [1.29, 1.82) is 0 Å². The van der Waals surface area contributed by atoms with Crippen LogP contribution in [0, 0.1) is 4.91 Å². The number of hydrogen-bond donors (Lipinski definition) is 1. The molecule has 2 rings (SSSR count). The Balaban J connectivity index is 2.47. The smallest absolute Gasteiger partial charge is 0.117 e. The van der Waals surface area contributed by atoms with Crippen LogP contribution in [-0.4, -0.2) is 0 Å². The van der Waals surface area contributed by atoms with Crippen LogP contribution in [0.2, 0.25) is 0 Å². The first-order chi connectivity index (χ1) is 5.81. The van der Waals surface area contributed by atoms with Crippen molar-refractivity contribution in [1.82, 2.24) is 0 Å². The lowest BCUT2D eigenvalue weighted by atomic mass is 10.1. The van der Waals surface area contributed by atoms with E-state index in [1.54, 1.807) is 0 Å². The lowest BCUT2D eigenvalue weighted by Crippen LogP contribution is -1.90. The molecule has 0 saturated carbocycles. The molecule has 2 N–H and O–H groups in total. The Morgan fingerprint density at radius 2 is 2.33 bits per heavy atom. The zero-order valence-corrected chi connectivity index (χ0v) is 6.66. The van der Waals surface area contributed by atoms with Crippen molar-refractivity contribution in [2.75, 3.05) is 5.73 Å². The summed E-state index contributed by atoms with van der Waals surface area (Å²) in [4.78, 5) is 10.4. The number of fused-ring (bicyclic) bond motifs is 1. The van der Waals surface area contributed by atoms with Crippen molar-refractivity contribution in [2.24, 2.45) is 5.18 Å². The van der Waals surface area contributed by atoms with Crippen molar-refractivity contribution < 1.29 is 0 Å². The van der Waals surface area contributed by atoms with Crippen molar-refractivity contribution >= 4 is 5.69 Å². The SMILES string of the molecule is Nc1ccc2c(c1)CCC2N=O. The van der Waals surface area contributed by atoms with Crippen molar-refractivity contribution in [3.63, 3.8) is 0 Å². The van der Waals surface area contributed by atoms with Crippen LogP contribution in [0.15, 0.2) is 23.4 Å². The highest BCUT2D eigenvalue weighted by molar-refractivity contribution is 5.47. The third kappa shape index (κ3) is 0.978. The third-order valence-electron chi connectivity index (χ3n) is 2.34. The van der Waals surface area contributed by atoms with Crippen molar-refractivity contribution in [3.05, 3.63) is 34.2 Å². The Labute approximate surface area is 70.6 Å². The fraction of sp³-hybridized carbons (Fsp3) is 0.333. The minimum absolute atomic E-state index is 0.138. The summed E-state index contributed by atoms with van der Waals surface area (Å²) in [6, 6.07) is 5.52. The molecule has 0 aromatic heterocycles. The van der Waals surface area contributed by atoms with Crippen LogP contribution in [0.25, 0.3) is 0 Å². The Kier molecular flexibility index (Phi) is 1.57. The molecule has 0 heterocycles. The molecule has 0 saturated heterocycles. The van der Waals surface area contributed by atoms with Gasteiger partial charge in [0.25, 0.3) is 0 Å². The van der Waals surface area contributed by atoms with Gasteiger partial charge in [0.1, 0.15) is 6.04 Å². The average Bonchev–Trinajstić information content (AvgIpc) is 2.46. The quantitative estimate of drug-likeness (QED) is 0.507. The standard InChI is InChI=1S/C9H10N2O/c10-7-2-3-8-6(5-7)1-4-9(8)11-12/h2-3,5,9H,1,4,10H2. The van der Waals surface area contributed by atoms with E-state index in [-0.39, 0.29) is 6.04 Å². The van der Waals surface area contributed by atoms with E-state index in [0.717, 1.165) is 24.1 Å². The van der Waals surface area contributed by atoms with Gasteiger partial charge in [-0.2, -0.15) is 4.91 Å². The molecule has 1 aromatic rings. The Morgan fingerprint density at radius 1 is 1.50 bits per heavy atom. The van der Waals surface area contributed by atoms with Gasteiger partial charge >= 0.3 is 0 Å². The summed E-state index contributed by atoms with van der Waals surface area (Å²) in [6.45, 7) is 0. The van der Waals surface area contributed by atoms with Gasteiger partial charge in [0.05, 0.1) is 0 Å². The molecule has 1 atom stereocenters. The molecule has 1 aliphatic rings. The second kappa shape index (κ2) is 2.59. The number of nitrogen functional groups attached to an aromatic ring is 1. The molecule has 1 unspecified atom stereocenters. The van der Waals surface area contributed by atoms with E-state index in [0.29, 0.717) is 0 Å². The van der Waals surface area contributed by atoms with E-state index in [1.807, 2.05) is 18.2 Å². The number of aryl methyl sites for hydroxylation is 1. The summed E-state index contributed by atoms with van der Waals surface area (Å²) in [7, 11) is 0. The number of nitrogens with two attached hydrogens (primary N) is 1. The van der Waals surface area contributed by atoms with E-state index in [9.17, 15) is 4.91 Å². The lowest BCUT2D eigenvalue weighted by molar-refractivity contribution is 0.710. The van der Waals surface area contributed by atoms with E-state index in [1.165, 1.54) is 5.56 Å². The predicted octanol–water partition coefficient (Wildman–Crippen LogP) is 2.02. The lowest BCUT2D eigenvalue weighted by Gasteiger charge is -2.01. The molecular formula is C9H10N2O. The Bertz CT molecular complexity index is 322. The molecule has 12 heavy (non-hydrogen) atoms. The summed E-state index contributed by atoms with van der Waals surface area (Å²) in [6.07, 6.45) is 1.76. The zero-order chi connectivity index (χ0) is 8.55. The second-order valence-corrected chi connectivity index (χ2v) is 3.12. The molecule has 0 aliphatic heterocycles. The van der Waals surface area contributed by atoms with Gasteiger partial charge in [-0.05, 0) is 36.1 Å². The molecule has 0 spiro atoms. The summed E-state index contributed by atoms with van der Waals surface area (Å²) >= 11 is 0. The van der Waals surface area contributed by atoms with Crippen LogP contribution in [0.3, 0.4) is 0 Å². The van der Waals surface area contributed by atoms with Crippen LogP contribution in [0.5, 0.6) is 0 Å². The molecule has 3 nitrogen and oxygen atoms in total. The van der Waals surface area contributed by atoms with Crippen molar-refractivity contribution in [2.45, 2.75) is 18.9 Å². The Hall–Kier alpha value is -1.38. The van der Waals surface area contributed by atoms with Crippen LogP contribution < -0.4 is 5.73 Å². The molecule has 62 valence electrons. The van der Waals surface area contributed by atoms with Gasteiger partial charge in [-0.25, -0.2) is 0 Å². The molecule has 1 aliphatic carbocycles. The van der Waals surface area contributed by atoms with Crippen LogP contribution in [0.1, 0.15) is 23.6 Å². The van der Waals surface area contributed by atoms with E-state index >= 15 is 0 Å². The number of rotatable bonds is 1. The van der Waals surface area contributed by atoms with Gasteiger partial charge in [-0.1, -0.05) is 11.2 Å². The Morgan fingerprint density at radius 3 is 3.08 bits per heavy atom. The largest absolute Gasteiger partial charge is 0.399 e. The van der Waals surface area contributed by atoms with Crippen LogP contribution in [-0.2, 0) is 6.42 Å². The highest BCUT2D eigenvalue weighted by Crippen LogP contribution is 2.34. The maximum Gasteiger partial charge on any atom is 0.117 e. The monoisotopic (exact) mass is 162 g/mol. The third-order valence-corrected chi connectivity index (χ3v) is 2.34. The van der Waals surface area contributed by atoms with Gasteiger partial charge in [0, 0.05) is 5.69 Å². The first-order valence-electron chi connectivity index (χ1n) is 4.02. The topological polar surface area (TPSA) is 55.4 Å². The number of nitrogens with zero attached hydrogens (tertiary/aromatic N) is 1. The summed E-state index contributed by atoms with van der Waals surface area (Å²) in [5.41, 5.74) is 8.61. The second-order valence-electron chi connectivity index (χ2n) is 3.12. The zero-order valence-electron chi connectivity index (χ0n) is 6.66. The summed E-state index contributed by atoms with van der Waals surface area (Å²) in [5, 5.41) is 3.07. The normalized spacial score (nSPS) is 20.5. The highest BCUT2D eigenvalue weighted by Gasteiger charge is 2.22. The predicted molar refractivity (Wildman–Crippen MR) is 47.7 cm³/mol. The minimum atomic E-state index is -0.138. The molecule has 1 aromatic carbocycles. The van der Waals surface area contributed by atoms with Gasteiger partial charge in [0.15, 0.2) is 0 Å². The first kappa shape index (κ1) is 7.28. The molecule has 0 bridgehead atoms. The number of hydrogen-bond acceptors (Lipinski definition) is 3. The maximum atomic E-state index is 10.4. The molecule has 0 amide bonds. The maximum absolute atomic E-state index is 10.4. The average molecular weight is 162 g/mol. The highest BCUT2D eigenvalue weighted by atomic mass is 16.3. The van der Waals surface area contributed by atoms with E-state index in [4.69, 9.17) is 5.73 Å². The number of benzene rings is 1. The van der Waals surface area contributed by atoms with Crippen LogP contribution in [0.4, 0.5) is 5.69 Å². The number of anilines is 1. The minimum Gasteiger partial charge on any atom is -0.399 e. The summed E-state index contributed by atoms with van der Waals surface area (Å²) < 4.78 is 0. The number of nitroso groups, excluding NO2 is 1. The van der Waals surface area contributed by atoms with Gasteiger partial charge < -0.3 is 5.73 Å². The fourth-order valence-corrected chi connectivity index (χ4v) is 1.72. The van der Waals surface area contributed by atoms with Gasteiger partial charge in [-0.15, -0.1) is 0 Å². The molecule has 0 radical (unpaired) electrons. The van der Waals surface area contributed by atoms with E-state index < -0.39 is 0 Å². The first-order valence-corrected chi connectivity index (χ1v) is 4.02. The van der Waals surface area contributed by atoms with Crippen LogP contribution >= 0.6 is 0 Å². The van der Waals surface area contributed by atoms with Gasteiger partial charge in [0.2, 0.25) is 0 Å². The molecule has 3 heteroatoms. The molecular weight excluding hydrogens is 152 g/mol.